The van der Waals surface area contributed by atoms with E-state index in [0.29, 0.717) is 6.42 Å². The molecule has 0 N–H and O–H groups in total. The third kappa shape index (κ3) is 3.17. The van der Waals surface area contributed by atoms with E-state index in [2.05, 4.69) is 24.3 Å². The molecule has 18 heavy (non-hydrogen) atoms. The van der Waals surface area contributed by atoms with Crippen LogP contribution >= 0.6 is 0 Å². The van der Waals surface area contributed by atoms with Crippen molar-refractivity contribution >= 4 is 11.9 Å². The second-order valence-electron chi connectivity index (χ2n) is 4.14. The molecule has 0 amide bonds. The number of rotatable bonds is 4. The first-order valence-corrected chi connectivity index (χ1v) is 6.16. The minimum absolute atomic E-state index is 0.155. The molecule has 0 fully saturated rings. The van der Waals surface area contributed by atoms with Crippen LogP contribution in [0, 0.1) is 0 Å². The Morgan fingerprint density at radius 2 is 1.56 bits per heavy atom. The molecule has 0 atom stereocenters. The van der Waals surface area contributed by atoms with Crippen LogP contribution in [0.3, 0.4) is 0 Å². The van der Waals surface area contributed by atoms with Gasteiger partial charge in [-0.3, -0.25) is 4.79 Å². The summed E-state index contributed by atoms with van der Waals surface area (Å²) in [5.74, 6) is 0.155. The van der Waals surface area contributed by atoms with E-state index < -0.39 is 0 Å². The molecule has 2 rings (SSSR count). The lowest BCUT2D eigenvalue weighted by atomic mass is 10.0. The van der Waals surface area contributed by atoms with Crippen molar-refractivity contribution in [3.8, 4) is 11.1 Å². The molecule has 0 saturated carbocycles. The number of ketones is 1. The Hall–Kier alpha value is -2.15. The van der Waals surface area contributed by atoms with Gasteiger partial charge in [-0.1, -0.05) is 67.6 Å². The van der Waals surface area contributed by atoms with Crippen LogP contribution in [0.1, 0.15) is 18.9 Å². The van der Waals surface area contributed by atoms with Gasteiger partial charge in [0.15, 0.2) is 5.78 Å². The molecule has 0 radical (unpaired) electrons. The molecule has 0 aliphatic heterocycles. The fourth-order valence-corrected chi connectivity index (χ4v) is 1.72. The van der Waals surface area contributed by atoms with Crippen LogP contribution in [0.2, 0.25) is 0 Å². The van der Waals surface area contributed by atoms with Crippen molar-refractivity contribution in [3.05, 3.63) is 66.2 Å². The van der Waals surface area contributed by atoms with Gasteiger partial charge in [0.25, 0.3) is 0 Å². The maximum atomic E-state index is 11.2. The fraction of sp³-hybridized carbons (Fsp3) is 0.118. The quantitative estimate of drug-likeness (QED) is 0.721. The highest BCUT2D eigenvalue weighted by Gasteiger charge is 1.96. The SMILES string of the molecule is CCC(=O)/C=C/c1ccc(-c2ccccc2)cc1. The molecule has 0 heterocycles. The van der Waals surface area contributed by atoms with Crippen LogP contribution in [0.15, 0.2) is 60.7 Å². The lowest BCUT2D eigenvalue weighted by molar-refractivity contribution is -0.114. The zero-order valence-corrected chi connectivity index (χ0v) is 10.5. The molecule has 1 heteroatoms. The highest BCUT2D eigenvalue weighted by Crippen LogP contribution is 2.19. The van der Waals surface area contributed by atoms with Crippen LogP contribution < -0.4 is 0 Å². The largest absolute Gasteiger partial charge is 0.295 e. The molecule has 0 spiro atoms. The van der Waals surface area contributed by atoms with Gasteiger partial charge < -0.3 is 0 Å². The maximum Gasteiger partial charge on any atom is 0.155 e. The number of allylic oxidation sites excluding steroid dienone is 1. The van der Waals surface area contributed by atoms with E-state index in [-0.39, 0.29) is 5.78 Å². The Kier molecular flexibility index (Phi) is 4.08. The van der Waals surface area contributed by atoms with Gasteiger partial charge in [0.1, 0.15) is 0 Å². The first-order valence-electron chi connectivity index (χ1n) is 6.16. The van der Waals surface area contributed by atoms with Gasteiger partial charge >= 0.3 is 0 Å². The standard InChI is InChI=1S/C17H16O/c1-2-17(18)13-10-14-8-11-16(12-9-14)15-6-4-3-5-7-15/h3-13H,2H2,1H3/b13-10+. The Morgan fingerprint density at radius 3 is 2.17 bits per heavy atom. The third-order valence-corrected chi connectivity index (χ3v) is 2.83. The Bertz CT molecular complexity index is 536. The van der Waals surface area contributed by atoms with Crippen molar-refractivity contribution in [1.82, 2.24) is 0 Å². The average Bonchev–Trinajstić information content (AvgIpc) is 2.46. The normalized spacial score (nSPS) is 10.7. The van der Waals surface area contributed by atoms with Crippen LogP contribution in [-0.2, 0) is 4.79 Å². The number of carbonyl (C=O) groups is 1. The van der Waals surface area contributed by atoms with Gasteiger partial charge in [-0.15, -0.1) is 0 Å². The Morgan fingerprint density at radius 1 is 0.944 bits per heavy atom. The second-order valence-corrected chi connectivity index (χ2v) is 4.14. The predicted molar refractivity (Wildman–Crippen MR) is 76.2 cm³/mol. The minimum Gasteiger partial charge on any atom is -0.295 e. The molecule has 0 bridgehead atoms. The molecule has 0 aliphatic rings. The summed E-state index contributed by atoms with van der Waals surface area (Å²) in [4.78, 5) is 11.2. The van der Waals surface area contributed by atoms with E-state index in [4.69, 9.17) is 0 Å². The Labute approximate surface area is 108 Å². The molecule has 0 aliphatic carbocycles. The Balaban J connectivity index is 2.16. The summed E-state index contributed by atoms with van der Waals surface area (Å²) in [5.41, 5.74) is 3.45. The van der Waals surface area contributed by atoms with Crippen LogP contribution in [0.4, 0.5) is 0 Å². The lowest BCUT2D eigenvalue weighted by Gasteiger charge is -2.01. The van der Waals surface area contributed by atoms with Gasteiger partial charge in [-0.2, -0.15) is 0 Å². The van der Waals surface area contributed by atoms with Gasteiger partial charge in [-0.25, -0.2) is 0 Å². The van der Waals surface area contributed by atoms with E-state index in [1.165, 1.54) is 11.1 Å². The predicted octanol–water partition coefficient (Wildman–Crippen LogP) is 4.35. The maximum absolute atomic E-state index is 11.2. The summed E-state index contributed by atoms with van der Waals surface area (Å²) < 4.78 is 0. The number of hydrogen-bond acceptors (Lipinski definition) is 1. The number of hydrogen-bond donors (Lipinski definition) is 0. The van der Waals surface area contributed by atoms with Gasteiger partial charge in [0, 0.05) is 6.42 Å². The van der Waals surface area contributed by atoms with E-state index in [1.54, 1.807) is 6.08 Å². The molecular formula is C17H16O. The monoisotopic (exact) mass is 236 g/mol. The zero-order valence-electron chi connectivity index (χ0n) is 10.5. The van der Waals surface area contributed by atoms with Crippen LogP contribution in [0.5, 0.6) is 0 Å². The van der Waals surface area contributed by atoms with Crippen molar-refractivity contribution in [2.75, 3.05) is 0 Å². The minimum atomic E-state index is 0.155. The molecule has 0 aromatic heterocycles. The van der Waals surface area contributed by atoms with Crippen molar-refractivity contribution in [1.29, 1.82) is 0 Å². The summed E-state index contributed by atoms with van der Waals surface area (Å²) >= 11 is 0. The van der Waals surface area contributed by atoms with Gasteiger partial charge in [-0.05, 0) is 22.8 Å². The zero-order chi connectivity index (χ0) is 12.8. The number of benzene rings is 2. The number of carbonyl (C=O) groups excluding carboxylic acids is 1. The third-order valence-electron chi connectivity index (χ3n) is 2.83. The van der Waals surface area contributed by atoms with Gasteiger partial charge in [0.05, 0.1) is 0 Å². The summed E-state index contributed by atoms with van der Waals surface area (Å²) in [6.45, 7) is 1.87. The highest BCUT2D eigenvalue weighted by atomic mass is 16.1. The topological polar surface area (TPSA) is 17.1 Å². The summed E-state index contributed by atoms with van der Waals surface area (Å²) in [5, 5.41) is 0. The average molecular weight is 236 g/mol. The van der Waals surface area contributed by atoms with Crippen molar-refractivity contribution in [3.63, 3.8) is 0 Å². The summed E-state index contributed by atoms with van der Waals surface area (Å²) in [6, 6.07) is 18.5. The molecule has 1 nitrogen and oxygen atoms in total. The first kappa shape index (κ1) is 12.3. The van der Waals surface area contributed by atoms with E-state index in [0.717, 1.165) is 5.56 Å². The smallest absolute Gasteiger partial charge is 0.155 e. The molecule has 0 saturated heterocycles. The first-order chi connectivity index (χ1) is 8.79. The van der Waals surface area contributed by atoms with E-state index in [1.807, 2.05) is 43.3 Å². The molecular weight excluding hydrogens is 220 g/mol. The van der Waals surface area contributed by atoms with Crippen molar-refractivity contribution in [2.45, 2.75) is 13.3 Å². The lowest BCUT2D eigenvalue weighted by Crippen LogP contribution is -1.86. The second kappa shape index (κ2) is 5.97. The van der Waals surface area contributed by atoms with Crippen molar-refractivity contribution < 1.29 is 4.79 Å². The van der Waals surface area contributed by atoms with Crippen LogP contribution in [-0.4, -0.2) is 5.78 Å². The summed E-state index contributed by atoms with van der Waals surface area (Å²) in [6.07, 6.45) is 4.05. The molecule has 2 aromatic rings. The van der Waals surface area contributed by atoms with Crippen LogP contribution in [0.25, 0.3) is 17.2 Å². The fourth-order valence-electron chi connectivity index (χ4n) is 1.72. The molecule has 2 aromatic carbocycles. The van der Waals surface area contributed by atoms with Gasteiger partial charge in [0.2, 0.25) is 0 Å². The highest BCUT2D eigenvalue weighted by molar-refractivity contribution is 5.93. The van der Waals surface area contributed by atoms with Crippen molar-refractivity contribution in [2.24, 2.45) is 0 Å². The molecule has 0 unspecified atom stereocenters. The molecule has 90 valence electrons. The van der Waals surface area contributed by atoms with E-state index >= 15 is 0 Å². The van der Waals surface area contributed by atoms with E-state index in [9.17, 15) is 4.79 Å². The summed E-state index contributed by atoms with van der Waals surface area (Å²) in [7, 11) is 0.